The first-order chi connectivity index (χ1) is 9.99. The second kappa shape index (κ2) is 8.09. The minimum atomic E-state index is -0.908. The average molecular weight is 291 g/mol. The van der Waals surface area contributed by atoms with Crippen LogP contribution in [0.1, 0.15) is 24.2 Å². The molecule has 1 aromatic carbocycles. The average Bonchev–Trinajstić information content (AvgIpc) is 2.50. The minimum absolute atomic E-state index is 0.180. The van der Waals surface area contributed by atoms with Crippen LogP contribution in [-0.4, -0.2) is 41.6 Å². The van der Waals surface area contributed by atoms with Crippen LogP contribution in [0.2, 0.25) is 0 Å². The van der Waals surface area contributed by atoms with Crippen LogP contribution < -0.4 is 4.74 Å². The third-order valence-corrected chi connectivity index (χ3v) is 3.05. The molecule has 1 rings (SSSR count). The van der Waals surface area contributed by atoms with Crippen molar-refractivity contribution in [3.63, 3.8) is 0 Å². The van der Waals surface area contributed by atoms with E-state index in [-0.39, 0.29) is 12.5 Å². The van der Waals surface area contributed by atoms with Gasteiger partial charge in [0.1, 0.15) is 12.4 Å². The summed E-state index contributed by atoms with van der Waals surface area (Å²) < 4.78 is 5.35. The van der Waals surface area contributed by atoms with Gasteiger partial charge in [-0.3, -0.25) is 9.59 Å². The molecular formula is C16H21NO4. The molecule has 0 spiro atoms. The first-order valence-corrected chi connectivity index (χ1v) is 6.85. The van der Waals surface area contributed by atoms with Crippen molar-refractivity contribution in [2.24, 2.45) is 5.92 Å². The van der Waals surface area contributed by atoms with E-state index in [1.807, 2.05) is 6.92 Å². The molecule has 1 atom stereocenters. The van der Waals surface area contributed by atoms with E-state index >= 15 is 0 Å². The summed E-state index contributed by atoms with van der Waals surface area (Å²) in [6.07, 6.45) is 1.64. The van der Waals surface area contributed by atoms with Gasteiger partial charge in [0.25, 0.3) is 5.91 Å². The van der Waals surface area contributed by atoms with Crippen molar-refractivity contribution < 1.29 is 19.4 Å². The second-order valence-corrected chi connectivity index (χ2v) is 4.71. The van der Waals surface area contributed by atoms with Gasteiger partial charge in [-0.25, -0.2) is 0 Å². The zero-order chi connectivity index (χ0) is 15.8. The van der Waals surface area contributed by atoms with E-state index in [9.17, 15) is 9.59 Å². The van der Waals surface area contributed by atoms with Crippen molar-refractivity contribution in [1.82, 2.24) is 4.90 Å². The first-order valence-electron chi connectivity index (χ1n) is 6.85. The standard InChI is InChI=1S/C16H21NO4/c1-4-10-21-14-8-6-13(7-9-14)15(18)17(5-2)11-12(3)16(19)20/h4,6-9,12H,1,5,10-11H2,2-3H3,(H,19,20). The molecule has 5 heteroatoms. The van der Waals surface area contributed by atoms with Gasteiger partial charge in [-0.2, -0.15) is 0 Å². The Morgan fingerprint density at radius 2 is 2.00 bits per heavy atom. The number of amides is 1. The fourth-order valence-corrected chi connectivity index (χ4v) is 1.80. The maximum absolute atomic E-state index is 12.3. The zero-order valence-corrected chi connectivity index (χ0v) is 12.4. The number of benzene rings is 1. The normalized spacial score (nSPS) is 11.5. The lowest BCUT2D eigenvalue weighted by molar-refractivity contribution is -0.141. The predicted molar refractivity (Wildman–Crippen MR) is 80.5 cm³/mol. The number of hydrogen-bond donors (Lipinski definition) is 1. The molecule has 114 valence electrons. The molecule has 1 aromatic rings. The van der Waals surface area contributed by atoms with Crippen molar-refractivity contribution in [3.05, 3.63) is 42.5 Å². The van der Waals surface area contributed by atoms with Gasteiger partial charge in [0.2, 0.25) is 0 Å². The largest absolute Gasteiger partial charge is 0.490 e. The highest BCUT2D eigenvalue weighted by Gasteiger charge is 2.20. The van der Waals surface area contributed by atoms with Crippen molar-refractivity contribution in [3.8, 4) is 5.75 Å². The van der Waals surface area contributed by atoms with E-state index < -0.39 is 11.9 Å². The number of rotatable bonds is 8. The maximum Gasteiger partial charge on any atom is 0.308 e. The number of carboxylic acids is 1. The molecule has 0 saturated carbocycles. The molecule has 0 heterocycles. The first kappa shape index (κ1) is 16.8. The van der Waals surface area contributed by atoms with Crippen molar-refractivity contribution in [1.29, 1.82) is 0 Å². The lowest BCUT2D eigenvalue weighted by Gasteiger charge is -2.23. The predicted octanol–water partition coefficient (Wildman–Crippen LogP) is 2.43. The Labute approximate surface area is 124 Å². The number of nitrogens with zero attached hydrogens (tertiary/aromatic N) is 1. The summed E-state index contributed by atoms with van der Waals surface area (Å²) in [5, 5.41) is 8.94. The minimum Gasteiger partial charge on any atom is -0.490 e. The number of aliphatic carboxylic acids is 1. The maximum atomic E-state index is 12.3. The van der Waals surface area contributed by atoms with Crippen molar-refractivity contribution in [2.45, 2.75) is 13.8 Å². The molecule has 1 N–H and O–H groups in total. The molecule has 1 unspecified atom stereocenters. The van der Waals surface area contributed by atoms with E-state index in [0.29, 0.717) is 24.5 Å². The summed E-state index contributed by atoms with van der Waals surface area (Å²) in [6, 6.07) is 6.78. The summed E-state index contributed by atoms with van der Waals surface area (Å²) in [5.41, 5.74) is 0.514. The van der Waals surface area contributed by atoms with Crippen LogP contribution in [0.5, 0.6) is 5.75 Å². The Hall–Kier alpha value is -2.30. The van der Waals surface area contributed by atoms with Crippen LogP contribution >= 0.6 is 0 Å². The van der Waals surface area contributed by atoms with Gasteiger partial charge in [0.15, 0.2) is 0 Å². The lowest BCUT2D eigenvalue weighted by atomic mass is 10.1. The SMILES string of the molecule is C=CCOc1ccc(C(=O)N(CC)CC(C)C(=O)O)cc1. The molecule has 1 amide bonds. The van der Waals surface area contributed by atoms with Gasteiger partial charge >= 0.3 is 5.97 Å². The Kier molecular flexibility index (Phi) is 6.46. The number of carbonyl (C=O) groups is 2. The van der Waals surface area contributed by atoms with Crippen LogP contribution in [0.25, 0.3) is 0 Å². The van der Waals surface area contributed by atoms with E-state index in [1.165, 1.54) is 4.90 Å². The molecule has 0 saturated heterocycles. The zero-order valence-electron chi connectivity index (χ0n) is 12.4. The molecule has 0 bridgehead atoms. The van der Waals surface area contributed by atoms with Crippen molar-refractivity contribution >= 4 is 11.9 Å². The third-order valence-electron chi connectivity index (χ3n) is 3.05. The van der Waals surface area contributed by atoms with Gasteiger partial charge < -0.3 is 14.7 Å². The molecule has 0 aliphatic carbocycles. The second-order valence-electron chi connectivity index (χ2n) is 4.71. The van der Waals surface area contributed by atoms with Crippen LogP contribution in [0.15, 0.2) is 36.9 Å². The molecule has 0 fully saturated rings. The van der Waals surface area contributed by atoms with E-state index in [0.717, 1.165) is 0 Å². The molecule has 0 aliphatic heterocycles. The van der Waals surface area contributed by atoms with Crippen molar-refractivity contribution in [2.75, 3.05) is 19.7 Å². The number of carbonyl (C=O) groups excluding carboxylic acids is 1. The molecule has 0 aromatic heterocycles. The van der Waals surface area contributed by atoms with Crippen LogP contribution in [-0.2, 0) is 4.79 Å². The lowest BCUT2D eigenvalue weighted by Crippen LogP contribution is -2.36. The fraction of sp³-hybridized carbons (Fsp3) is 0.375. The smallest absolute Gasteiger partial charge is 0.308 e. The Morgan fingerprint density at radius 1 is 1.38 bits per heavy atom. The summed E-state index contributed by atoms with van der Waals surface area (Å²) in [6.45, 7) is 8.04. The van der Waals surface area contributed by atoms with Crippen LogP contribution in [0.3, 0.4) is 0 Å². The molecule has 5 nitrogen and oxygen atoms in total. The molecule has 0 aliphatic rings. The Bertz CT molecular complexity index is 496. The summed E-state index contributed by atoms with van der Waals surface area (Å²) in [5.74, 6) is -1.02. The third kappa shape index (κ3) is 4.95. The fourth-order valence-electron chi connectivity index (χ4n) is 1.80. The highest BCUT2D eigenvalue weighted by Crippen LogP contribution is 2.14. The molecular weight excluding hydrogens is 270 g/mol. The molecule has 0 radical (unpaired) electrons. The Balaban J connectivity index is 2.75. The quantitative estimate of drug-likeness (QED) is 0.747. The number of carboxylic acid groups (broad SMARTS) is 1. The summed E-state index contributed by atoms with van der Waals surface area (Å²) >= 11 is 0. The highest BCUT2D eigenvalue weighted by atomic mass is 16.5. The van der Waals surface area contributed by atoms with Gasteiger partial charge in [-0.05, 0) is 31.2 Å². The monoisotopic (exact) mass is 291 g/mol. The van der Waals surface area contributed by atoms with Gasteiger partial charge in [0.05, 0.1) is 5.92 Å². The van der Waals surface area contributed by atoms with Crippen LogP contribution in [0.4, 0.5) is 0 Å². The highest BCUT2D eigenvalue weighted by molar-refractivity contribution is 5.94. The topological polar surface area (TPSA) is 66.8 Å². The van der Waals surface area contributed by atoms with Gasteiger partial charge in [-0.15, -0.1) is 0 Å². The van der Waals surface area contributed by atoms with Gasteiger partial charge in [0, 0.05) is 18.7 Å². The van der Waals surface area contributed by atoms with E-state index in [1.54, 1.807) is 37.3 Å². The number of ether oxygens (including phenoxy) is 1. The van der Waals surface area contributed by atoms with E-state index in [4.69, 9.17) is 9.84 Å². The summed E-state index contributed by atoms with van der Waals surface area (Å²) in [4.78, 5) is 24.8. The summed E-state index contributed by atoms with van der Waals surface area (Å²) in [7, 11) is 0. The van der Waals surface area contributed by atoms with Crippen LogP contribution in [0, 0.1) is 5.92 Å². The number of hydrogen-bond acceptors (Lipinski definition) is 3. The Morgan fingerprint density at radius 3 is 2.48 bits per heavy atom. The van der Waals surface area contributed by atoms with Gasteiger partial charge in [-0.1, -0.05) is 19.6 Å². The molecule has 21 heavy (non-hydrogen) atoms. The van der Waals surface area contributed by atoms with E-state index in [2.05, 4.69) is 6.58 Å².